The minimum atomic E-state index is 0.122. The Bertz CT molecular complexity index is 917. The lowest BCUT2D eigenvalue weighted by atomic mass is 9.91. The molecule has 0 saturated heterocycles. The lowest BCUT2D eigenvalue weighted by Crippen LogP contribution is -2.17. The van der Waals surface area contributed by atoms with Gasteiger partial charge in [-0.15, -0.1) is 0 Å². The third-order valence-corrected chi connectivity index (χ3v) is 5.30. The molecule has 1 aromatic heterocycles. The number of halogens is 3. The van der Waals surface area contributed by atoms with Gasteiger partial charge in [-0.1, -0.05) is 40.9 Å². The van der Waals surface area contributed by atoms with Crippen LogP contribution in [-0.4, -0.2) is 9.55 Å². The minimum Gasteiger partial charge on any atom is -0.397 e. The van der Waals surface area contributed by atoms with Gasteiger partial charge in [-0.05, 0) is 42.7 Å². The van der Waals surface area contributed by atoms with Gasteiger partial charge in [-0.25, -0.2) is 4.98 Å². The van der Waals surface area contributed by atoms with Gasteiger partial charge >= 0.3 is 0 Å². The van der Waals surface area contributed by atoms with Gasteiger partial charge in [0.05, 0.1) is 16.2 Å². The fourth-order valence-electron chi connectivity index (χ4n) is 3.40. The Morgan fingerprint density at radius 1 is 1.09 bits per heavy atom. The largest absolute Gasteiger partial charge is 0.397 e. The van der Waals surface area contributed by atoms with Gasteiger partial charge in [-0.3, -0.25) is 0 Å². The van der Waals surface area contributed by atoms with Crippen molar-refractivity contribution in [3.8, 4) is 0 Å². The van der Waals surface area contributed by atoms with Crippen molar-refractivity contribution < 1.29 is 0 Å². The summed E-state index contributed by atoms with van der Waals surface area (Å²) in [6.45, 7) is 0.887. The molecule has 1 aliphatic rings. The maximum absolute atomic E-state index is 6.42. The number of nitrogens with zero attached hydrogens (tertiary/aromatic N) is 2. The number of rotatable bonds is 1. The first-order valence-corrected chi connectivity index (χ1v) is 8.58. The smallest absolute Gasteiger partial charge is 0.117 e. The highest BCUT2D eigenvalue weighted by Gasteiger charge is 2.28. The molecule has 0 aliphatic carbocycles. The maximum Gasteiger partial charge on any atom is 0.117 e. The first kappa shape index (κ1) is 15.1. The number of aromatic nitrogens is 2. The molecule has 6 heteroatoms. The number of imidazole rings is 1. The van der Waals surface area contributed by atoms with Crippen molar-refractivity contribution in [3.63, 3.8) is 0 Å². The van der Waals surface area contributed by atoms with Crippen LogP contribution < -0.4 is 5.73 Å². The number of benzene rings is 2. The number of aryl methyl sites for hydroxylation is 1. The number of hydrogen-bond donors (Lipinski definition) is 1. The summed E-state index contributed by atoms with van der Waals surface area (Å²) in [6, 6.07) is 9.25. The standard InChI is InChI=1S/C17H14Cl3N3/c18-9-3-4-10(13(20)8-9)11-2-1-7-23-16-14(21)6-5-12(19)15(16)22-17(11)23/h3-6,8,11H,1-2,7,21H2. The number of nitrogen functional groups attached to an aromatic ring is 1. The molecule has 0 radical (unpaired) electrons. The second-order valence-electron chi connectivity index (χ2n) is 5.82. The molecule has 0 fully saturated rings. The molecule has 2 aromatic carbocycles. The third kappa shape index (κ3) is 2.38. The normalized spacial score (nSPS) is 17.4. The van der Waals surface area contributed by atoms with Crippen LogP contribution in [0.5, 0.6) is 0 Å². The van der Waals surface area contributed by atoms with Gasteiger partial charge in [0.15, 0.2) is 0 Å². The molecule has 4 rings (SSSR count). The van der Waals surface area contributed by atoms with Gasteiger partial charge in [-0.2, -0.15) is 0 Å². The van der Waals surface area contributed by atoms with E-state index in [1.807, 2.05) is 18.2 Å². The molecule has 2 N–H and O–H groups in total. The zero-order valence-electron chi connectivity index (χ0n) is 12.2. The van der Waals surface area contributed by atoms with E-state index in [4.69, 9.17) is 45.5 Å². The van der Waals surface area contributed by atoms with E-state index in [1.54, 1.807) is 12.1 Å². The molecule has 3 nitrogen and oxygen atoms in total. The van der Waals surface area contributed by atoms with Crippen LogP contribution in [0.2, 0.25) is 15.1 Å². The second-order valence-corrected chi connectivity index (χ2v) is 7.07. The van der Waals surface area contributed by atoms with Gasteiger partial charge < -0.3 is 10.3 Å². The van der Waals surface area contributed by atoms with E-state index in [-0.39, 0.29) is 5.92 Å². The van der Waals surface area contributed by atoms with Crippen molar-refractivity contribution in [3.05, 3.63) is 56.8 Å². The van der Waals surface area contributed by atoms with E-state index in [0.29, 0.717) is 20.8 Å². The molecule has 0 amide bonds. The van der Waals surface area contributed by atoms with Crippen molar-refractivity contribution in [2.45, 2.75) is 25.3 Å². The Labute approximate surface area is 149 Å². The molecule has 2 heterocycles. The number of nitrogens with two attached hydrogens (primary N) is 1. The van der Waals surface area contributed by atoms with E-state index >= 15 is 0 Å². The average molecular weight is 367 g/mol. The van der Waals surface area contributed by atoms with Crippen molar-refractivity contribution in [2.75, 3.05) is 5.73 Å². The fraction of sp³-hybridized carbons (Fsp3) is 0.235. The van der Waals surface area contributed by atoms with Crippen LogP contribution in [0.25, 0.3) is 11.0 Å². The molecular weight excluding hydrogens is 353 g/mol. The minimum absolute atomic E-state index is 0.122. The van der Waals surface area contributed by atoms with Crippen LogP contribution in [0.1, 0.15) is 30.1 Å². The second kappa shape index (κ2) is 5.59. The van der Waals surface area contributed by atoms with Crippen LogP contribution in [0.15, 0.2) is 30.3 Å². The van der Waals surface area contributed by atoms with Crippen LogP contribution in [-0.2, 0) is 6.54 Å². The Morgan fingerprint density at radius 3 is 2.70 bits per heavy atom. The van der Waals surface area contributed by atoms with Crippen molar-refractivity contribution in [1.82, 2.24) is 9.55 Å². The van der Waals surface area contributed by atoms with Crippen LogP contribution >= 0.6 is 34.8 Å². The topological polar surface area (TPSA) is 43.8 Å². The first-order valence-electron chi connectivity index (χ1n) is 7.45. The number of anilines is 1. The Balaban J connectivity index is 1.95. The summed E-state index contributed by atoms with van der Waals surface area (Å²) in [5.41, 5.74) is 9.59. The summed E-state index contributed by atoms with van der Waals surface area (Å²) >= 11 is 18.8. The molecule has 0 saturated carbocycles. The monoisotopic (exact) mass is 365 g/mol. The Morgan fingerprint density at radius 2 is 1.91 bits per heavy atom. The molecule has 23 heavy (non-hydrogen) atoms. The first-order chi connectivity index (χ1) is 11.1. The molecule has 3 aromatic rings. The SMILES string of the molecule is Nc1ccc(Cl)c2nc3n(c12)CCCC3c1ccc(Cl)cc1Cl. The molecule has 1 unspecified atom stereocenters. The molecular formula is C17H14Cl3N3. The lowest BCUT2D eigenvalue weighted by molar-refractivity contribution is 0.489. The summed E-state index contributed by atoms with van der Waals surface area (Å²) in [6.07, 6.45) is 2.02. The van der Waals surface area contributed by atoms with E-state index in [2.05, 4.69) is 4.57 Å². The van der Waals surface area contributed by atoms with Gasteiger partial charge in [0, 0.05) is 22.5 Å². The summed E-state index contributed by atoms with van der Waals surface area (Å²) in [7, 11) is 0. The maximum atomic E-state index is 6.42. The lowest BCUT2D eigenvalue weighted by Gasteiger charge is -2.25. The molecule has 1 atom stereocenters. The van der Waals surface area contributed by atoms with E-state index in [0.717, 1.165) is 41.8 Å². The Kier molecular flexibility index (Phi) is 3.67. The quantitative estimate of drug-likeness (QED) is 0.577. The number of fused-ring (bicyclic) bond motifs is 3. The summed E-state index contributed by atoms with van der Waals surface area (Å²) in [5.74, 6) is 1.09. The zero-order chi connectivity index (χ0) is 16.1. The number of hydrogen-bond acceptors (Lipinski definition) is 2. The van der Waals surface area contributed by atoms with Crippen LogP contribution in [0.4, 0.5) is 5.69 Å². The highest BCUT2D eigenvalue weighted by Crippen LogP contribution is 2.41. The van der Waals surface area contributed by atoms with Crippen molar-refractivity contribution >= 4 is 51.5 Å². The van der Waals surface area contributed by atoms with E-state index in [9.17, 15) is 0 Å². The summed E-state index contributed by atoms with van der Waals surface area (Å²) in [4.78, 5) is 4.79. The average Bonchev–Trinajstić information content (AvgIpc) is 2.92. The molecule has 118 valence electrons. The van der Waals surface area contributed by atoms with Gasteiger partial charge in [0.25, 0.3) is 0 Å². The Hall–Kier alpha value is -1.42. The molecule has 1 aliphatic heterocycles. The van der Waals surface area contributed by atoms with E-state index < -0.39 is 0 Å². The van der Waals surface area contributed by atoms with Crippen molar-refractivity contribution in [2.24, 2.45) is 0 Å². The summed E-state index contributed by atoms with van der Waals surface area (Å²) < 4.78 is 2.18. The highest BCUT2D eigenvalue weighted by molar-refractivity contribution is 6.35. The van der Waals surface area contributed by atoms with Crippen molar-refractivity contribution in [1.29, 1.82) is 0 Å². The zero-order valence-corrected chi connectivity index (χ0v) is 14.5. The van der Waals surface area contributed by atoms with Gasteiger partial charge in [0.2, 0.25) is 0 Å². The molecule has 0 bridgehead atoms. The van der Waals surface area contributed by atoms with E-state index in [1.165, 1.54) is 0 Å². The highest BCUT2D eigenvalue weighted by atomic mass is 35.5. The fourth-order valence-corrected chi connectivity index (χ4v) is 4.14. The molecule has 0 spiro atoms. The van der Waals surface area contributed by atoms with Gasteiger partial charge in [0.1, 0.15) is 11.3 Å². The third-order valence-electron chi connectivity index (χ3n) is 4.43. The van der Waals surface area contributed by atoms with Crippen LogP contribution in [0.3, 0.4) is 0 Å². The predicted octanol–water partition coefficient (Wildman–Crippen LogP) is 5.50. The predicted molar refractivity (Wildman–Crippen MR) is 96.7 cm³/mol. The van der Waals surface area contributed by atoms with Crippen LogP contribution in [0, 0.1) is 0 Å². The summed E-state index contributed by atoms with van der Waals surface area (Å²) in [5, 5.41) is 1.93.